The van der Waals surface area contributed by atoms with Crippen LogP contribution < -0.4 is 5.73 Å². The minimum atomic E-state index is -4.61. The minimum absolute atomic E-state index is 0.342. The minimum Gasteiger partial charge on any atom is -0.394 e. The Balaban J connectivity index is 1.97. The Morgan fingerprint density at radius 2 is 1.44 bits per heavy atom. The molecule has 0 spiro atoms. The lowest BCUT2D eigenvalue weighted by molar-refractivity contribution is 0.102. The average Bonchev–Trinajstić information content (AvgIpc) is 2.66. The molecule has 0 fully saturated rings. The molecule has 0 heterocycles. The van der Waals surface area contributed by atoms with Gasteiger partial charge in [0, 0.05) is 0 Å². The van der Waals surface area contributed by atoms with Gasteiger partial charge in [-0.3, -0.25) is 4.52 Å². The van der Waals surface area contributed by atoms with E-state index in [1.165, 1.54) is 5.56 Å². The second-order valence-corrected chi connectivity index (χ2v) is 8.17. The van der Waals surface area contributed by atoms with E-state index in [-0.39, 0.29) is 0 Å². The average molecular weight is 393 g/mol. The molecule has 27 heavy (non-hydrogen) atoms. The largest absolute Gasteiger partial charge is 0.469 e. The van der Waals surface area contributed by atoms with Crippen molar-refractivity contribution in [1.29, 1.82) is 0 Å². The van der Waals surface area contributed by atoms with Crippen LogP contribution in [-0.4, -0.2) is 33.6 Å². The van der Waals surface area contributed by atoms with Crippen LogP contribution in [0.4, 0.5) is 0 Å². The molecule has 2 aromatic carbocycles. The van der Waals surface area contributed by atoms with Crippen molar-refractivity contribution in [3.63, 3.8) is 0 Å². The molecule has 0 radical (unpaired) electrons. The monoisotopic (exact) mass is 393 g/mol. The lowest BCUT2D eigenvalue weighted by Crippen LogP contribution is -2.48. The Labute approximate surface area is 160 Å². The van der Waals surface area contributed by atoms with Gasteiger partial charge in [-0.15, -0.1) is 0 Å². The smallest absolute Gasteiger partial charge is 0.394 e. The van der Waals surface area contributed by atoms with Crippen molar-refractivity contribution in [2.45, 2.75) is 38.1 Å². The number of phosphoric ester groups is 1. The summed E-state index contributed by atoms with van der Waals surface area (Å²) in [5, 5.41) is 9.46. The fourth-order valence-corrected chi connectivity index (χ4v) is 3.24. The van der Waals surface area contributed by atoms with Crippen LogP contribution >= 0.6 is 7.82 Å². The molecule has 148 valence electrons. The van der Waals surface area contributed by atoms with Gasteiger partial charge in [0.05, 0.1) is 18.8 Å². The van der Waals surface area contributed by atoms with Crippen LogP contribution in [0.3, 0.4) is 0 Å². The highest BCUT2D eigenvalue weighted by atomic mass is 31.2. The summed E-state index contributed by atoms with van der Waals surface area (Å²) in [6.07, 6.45) is 3.12. The number of hydrogen-bond donors (Lipinski definition) is 4. The number of nitrogens with two attached hydrogens (primary N) is 1. The third kappa shape index (κ3) is 7.18. The van der Waals surface area contributed by atoms with E-state index in [4.69, 9.17) is 15.5 Å². The summed E-state index contributed by atoms with van der Waals surface area (Å²) in [5.74, 6) is 0. The summed E-state index contributed by atoms with van der Waals surface area (Å²) in [4.78, 5) is 17.6. The molecule has 0 aliphatic carbocycles. The molecule has 0 saturated heterocycles. The maximum Gasteiger partial charge on any atom is 0.469 e. The zero-order chi connectivity index (χ0) is 19.9. The first-order valence-corrected chi connectivity index (χ1v) is 10.6. The van der Waals surface area contributed by atoms with Gasteiger partial charge in [-0.05, 0) is 41.5 Å². The van der Waals surface area contributed by atoms with Gasteiger partial charge in [0.2, 0.25) is 0 Å². The van der Waals surface area contributed by atoms with Crippen molar-refractivity contribution < 1.29 is 24.0 Å². The van der Waals surface area contributed by atoms with Gasteiger partial charge >= 0.3 is 7.82 Å². The zero-order valence-corrected chi connectivity index (χ0v) is 16.4. The summed E-state index contributed by atoms with van der Waals surface area (Å²) in [6, 6.07) is 16.6. The van der Waals surface area contributed by atoms with Gasteiger partial charge in [0.1, 0.15) is 0 Å². The fourth-order valence-electron chi connectivity index (χ4n) is 2.82. The van der Waals surface area contributed by atoms with E-state index >= 15 is 0 Å². The highest BCUT2D eigenvalue weighted by molar-refractivity contribution is 7.46. The molecule has 1 atom stereocenters. The number of aliphatic hydroxyl groups is 1. The van der Waals surface area contributed by atoms with E-state index in [0.29, 0.717) is 12.8 Å². The van der Waals surface area contributed by atoms with Crippen molar-refractivity contribution in [3.05, 3.63) is 59.7 Å². The van der Waals surface area contributed by atoms with Gasteiger partial charge in [0.25, 0.3) is 0 Å². The normalized spacial score (nSPS) is 14.1. The van der Waals surface area contributed by atoms with Crippen molar-refractivity contribution >= 4 is 7.82 Å². The van der Waals surface area contributed by atoms with Crippen LogP contribution in [0.5, 0.6) is 0 Å². The molecule has 0 saturated carbocycles. The molecule has 0 aliphatic heterocycles. The summed E-state index contributed by atoms with van der Waals surface area (Å²) in [7, 11) is -4.61. The standard InChI is InChI=1S/C20H28NO5P/c1-2-3-16-4-8-18(9-5-16)19-10-6-17(7-11-19)12-13-20(21,14-22)15-26-27(23,24)25/h4-11,22H,2-3,12-15,21H2,1H3,(H2,23,24,25). The molecule has 2 rings (SSSR count). The fraction of sp³-hybridized carbons (Fsp3) is 0.400. The van der Waals surface area contributed by atoms with Crippen LogP contribution in [0, 0.1) is 0 Å². The second kappa shape index (κ2) is 9.60. The first kappa shape index (κ1) is 21.8. The lowest BCUT2D eigenvalue weighted by Gasteiger charge is -2.27. The molecule has 0 bridgehead atoms. The Morgan fingerprint density at radius 3 is 1.85 bits per heavy atom. The number of benzene rings is 2. The SMILES string of the molecule is CCCc1ccc(-c2ccc(CCC(N)(CO)COP(=O)(O)O)cc2)cc1. The van der Waals surface area contributed by atoms with E-state index < -0.39 is 26.6 Å². The number of aliphatic hydroxyl groups excluding tert-OH is 1. The lowest BCUT2D eigenvalue weighted by atomic mass is 9.93. The van der Waals surface area contributed by atoms with E-state index in [2.05, 4.69) is 35.7 Å². The van der Waals surface area contributed by atoms with Gasteiger partial charge in [-0.25, -0.2) is 4.57 Å². The molecule has 5 N–H and O–H groups in total. The summed E-state index contributed by atoms with van der Waals surface area (Å²) in [6.45, 7) is 1.34. The maximum atomic E-state index is 10.8. The first-order chi connectivity index (χ1) is 12.7. The van der Waals surface area contributed by atoms with E-state index in [1.807, 2.05) is 24.3 Å². The van der Waals surface area contributed by atoms with Crippen LogP contribution in [-0.2, 0) is 21.9 Å². The molecule has 6 nitrogen and oxygen atoms in total. The molecule has 0 aromatic heterocycles. The quantitative estimate of drug-likeness (QED) is 0.462. The molecular weight excluding hydrogens is 365 g/mol. The van der Waals surface area contributed by atoms with Gasteiger partial charge in [-0.2, -0.15) is 0 Å². The zero-order valence-electron chi connectivity index (χ0n) is 15.5. The Morgan fingerprint density at radius 1 is 0.963 bits per heavy atom. The second-order valence-electron chi connectivity index (χ2n) is 6.93. The number of hydrogen-bond acceptors (Lipinski definition) is 4. The third-order valence-electron chi connectivity index (χ3n) is 4.53. The highest BCUT2D eigenvalue weighted by Crippen LogP contribution is 2.36. The molecule has 2 aromatic rings. The van der Waals surface area contributed by atoms with Gasteiger partial charge in [-0.1, -0.05) is 61.9 Å². The third-order valence-corrected chi connectivity index (χ3v) is 4.99. The van der Waals surface area contributed by atoms with E-state index in [9.17, 15) is 9.67 Å². The number of rotatable bonds is 10. The van der Waals surface area contributed by atoms with Crippen molar-refractivity contribution in [3.8, 4) is 11.1 Å². The first-order valence-electron chi connectivity index (χ1n) is 9.03. The van der Waals surface area contributed by atoms with Crippen LogP contribution in [0.15, 0.2) is 48.5 Å². The van der Waals surface area contributed by atoms with Crippen LogP contribution in [0.25, 0.3) is 11.1 Å². The van der Waals surface area contributed by atoms with E-state index in [1.54, 1.807) is 0 Å². The van der Waals surface area contributed by atoms with Gasteiger partial charge < -0.3 is 20.6 Å². The predicted octanol–water partition coefficient (Wildman–Crippen LogP) is 3.04. The topological polar surface area (TPSA) is 113 Å². The highest BCUT2D eigenvalue weighted by Gasteiger charge is 2.28. The Kier molecular flexibility index (Phi) is 7.74. The molecule has 7 heteroatoms. The number of aryl methyl sites for hydroxylation is 2. The molecule has 0 aliphatic rings. The van der Waals surface area contributed by atoms with Gasteiger partial charge in [0.15, 0.2) is 0 Å². The van der Waals surface area contributed by atoms with Crippen molar-refractivity contribution in [2.24, 2.45) is 5.73 Å². The van der Waals surface area contributed by atoms with Crippen LogP contribution in [0.1, 0.15) is 30.9 Å². The number of phosphoric acid groups is 1. The Bertz CT molecular complexity index is 757. The van der Waals surface area contributed by atoms with E-state index in [0.717, 1.165) is 29.5 Å². The maximum absolute atomic E-state index is 10.8. The summed E-state index contributed by atoms with van der Waals surface area (Å²) < 4.78 is 15.3. The predicted molar refractivity (Wildman–Crippen MR) is 106 cm³/mol. The summed E-state index contributed by atoms with van der Waals surface area (Å²) in [5.41, 5.74) is 9.43. The molecule has 1 unspecified atom stereocenters. The van der Waals surface area contributed by atoms with Crippen molar-refractivity contribution in [2.75, 3.05) is 13.2 Å². The van der Waals surface area contributed by atoms with Crippen LogP contribution in [0.2, 0.25) is 0 Å². The molecule has 0 amide bonds. The summed E-state index contributed by atoms with van der Waals surface area (Å²) >= 11 is 0. The Hall–Kier alpha value is -1.53. The molecular formula is C20H28NO5P. The van der Waals surface area contributed by atoms with Crippen molar-refractivity contribution in [1.82, 2.24) is 0 Å².